The molecule has 0 aliphatic carbocycles. The summed E-state index contributed by atoms with van der Waals surface area (Å²) in [6, 6.07) is 3.04. The first-order valence-electron chi connectivity index (χ1n) is 4.91. The number of carbonyl (C=O) groups excluding carboxylic acids is 1. The Morgan fingerprint density at radius 2 is 2.07 bits per heavy atom. The summed E-state index contributed by atoms with van der Waals surface area (Å²) < 4.78 is 18.3. The van der Waals surface area contributed by atoms with E-state index in [9.17, 15) is 9.18 Å². The molecule has 1 aliphatic heterocycles. The van der Waals surface area contributed by atoms with E-state index >= 15 is 0 Å². The Morgan fingerprint density at radius 1 is 1.40 bits per heavy atom. The van der Waals surface area contributed by atoms with Gasteiger partial charge in [-0.25, -0.2) is 4.39 Å². The molecule has 1 aromatic rings. The lowest BCUT2D eigenvalue weighted by atomic mass is 9.83. The van der Waals surface area contributed by atoms with Gasteiger partial charge in [0.1, 0.15) is 11.6 Å². The Hall–Kier alpha value is -1.38. The molecule has 1 heterocycles. The summed E-state index contributed by atoms with van der Waals surface area (Å²) in [6.07, 6.45) is 0.599. The predicted octanol–water partition coefficient (Wildman–Crippen LogP) is 2.62. The second-order valence-corrected chi connectivity index (χ2v) is 4.66. The van der Waals surface area contributed by atoms with Gasteiger partial charge in [-0.15, -0.1) is 0 Å². The van der Waals surface area contributed by atoms with Crippen molar-refractivity contribution in [3.05, 3.63) is 29.1 Å². The van der Waals surface area contributed by atoms with Gasteiger partial charge in [0.15, 0.2) is 0 Å². The fourth-order valence-corrected chi connectivity index (χ4v) is 1.74. The van der Waals surface area contributed by atoms with Crippen LogP contribution in [0.25, 0.3) is 0 Å². The number of carbonyl (C=O) groups is 1. The van der Waals surface area contributed by atoms with Crippen LogP contribution in [-0.2, 0) is 11.2 Å². The lowest BCUT2D eigenvalue weighted by molar-refractivity contribution is -0.145. The number of ether oxygens (including phenoxy) is 1. The topological polar surface area (TPSA) is 26.3 Å². The minimum absolute atomic E-state index is 0.293. The number of hydrogen-bond acceptors (Lipinski definition) is 2. The Kier molecular flexibility index (Phi) is 2.07. The Balaban J connectivity index is 2.51. The minimum atomic E-state index is -0.517. The van der Waals surface area contributed by atoms with Crippen molar-refractivity contribution in [2.45, 2.75) is 27.2 Å². The van der Waals surface area contributed by atoms with Crippen LogP contribution in [0.1, 0.15) is 25.0 Å². The Morgan fingerprint density at radius 3 is 2.73 bits per heavy atom. The van der Waals surface area contributed by atoms with E-state index in [1.807, 2.05) is 13.8 Å². The van der Waals surface area contributed by atoms with E-state index in [4.69, 9.17) is 4.74 Å². The van der Waals surface area contributed by atoms with Gasteiger partial charge < -0.3 is 4.74 Å². The second-order valence-electron chi connectivity index (χ2n) is 4.66. The maximum Gasteiger partial charge on any atom is 0.317 e. The first kappa shape index (κ1) is 10.1. The van der Waals surface area contributed by atoms with Crippen LogP contribution in [-0.4, -0.2) is 5.97 Å². The van der Waals surface area contributed by atoms with Crippen molar-refractivity contribution in [2.24, 2.45) is 5.41 Å². The molecule has 0 atom stereocenters. The van der Waals surface area contributed by atoms with Gasteiger partial charge in [-0.05, 0) is 44.4 Å². The van der Waals surface area contributed by atoms with Crippen molar-refractivity contribution in [1.29, 1.82) is 0 Å². The largest absolute Gasteiger partial charge is 0.426 e. The summed E-state index contributed by atoms with van der Waals surface area (Å²) in [6.45, 7) is 5.37. The smallest absolute Gasteiger partial charge is 0.317 e. The minimum Gasteiger partial charge on any atom is -0.426 e. The standard InChI is InChI=1S/C12H13FO2/c1-7-4-8-6-12(2,3)11(14)15-10(8)5-9(7)13/h4-5H,6H2,1-3H3. The number of aryl methyl sites for hydroxylation is 1. The first-order chi connectivity index (χ1) is 6.90. The van der Waals surface area contributed by atoms with Crippen LogP contribution in [0, 0.1) is 18.2 Å². The molecule has 2 nitrogen and oxygen atoms in total. The molecule has 0 saturated carbocycles. The molecule has 1 aromatic carbocycles. The molecule has 0 spiro atoms. The number of benzene rings is 1. The van der Waals surface area contributed by atoms with Crippen LogP contribution in [0.15, 0.2) is 12.1 Å². The van der Waals surface area contributed by atoms with Gasteiger partial charge in [0.05, 0.1) is 5.41 Å². The van der Waals surface area contributed by atoms with Gasteiger partial charge in [0.2, 0.25) is 0 Å². The van der Waals surface area contributed by atoms with E-state index in [0.717, 1.165) is 5.56 Å². The number of hydrogen-bond donors (Lipinski definition) is 0. The fraction of sp³-hybridized carbons (Fsp3) is 0.417. The molecule has 0 bridgehead atoms. The van der Waals surface area contributed by atoms with Crippen molar-refractivity contribution in [1.82, 2.24) is 0 Å². The highest BCUT2D eigenvalue weighted by Crippen LogP contribution is 2.36. The molecule has 0 amide bonds. The molecule has 0 saturated heterocycles. The van der Waals surface area contributed by atoms with Crippen LogP contribution in [0.4, 0.5) is 4.39 Å². The zero-order valence-corrected chi connectivity index (χ0v) is 9.06. The second kappa shape index (κ2) is 3.05. The maximum absolute atomic E-state index is 13.2. The Labute approximate surface area is 88.1 Å². The molecule has 1 aliphatic rings. The first-order valence-corrected chi connectivity index (χ1v) is 4.91. The average Bonchev–Trinajstić information content (AvgIpc) is 2.11. The zero-order valence-electron chi connectivity index (χ0n) is 9.06. The van der Waals surface area contributed by atoms with E-state index in [1.165, 1.54) is 6.07 Å². The summed E-state index contributed by atoms with van der Waals surface area (Å²) in [4.78, 5) is 11.5. The molecular formula is C12H13FO2. The Bertz CT molecular complexity index is 435. The van der Waals surface area contributed by atoms with E-state index in [-0.39, 0.29) is 11.8 Å². The SMILES string of the molecule is Cc1cc2c(cc1F)OC(=O)C(C)(C)C2. The van der Waals surface area contributed by atoms with Crippen molar-refractivity contribution >= 4 is 5.97 Å². The summed E-state index contributed by atoms with van der Waals surface area (Å²) in [5, 5.41) is 0. The summed E-state index contributed by atoms with van der Waals surface area (Å²) in [7, 11) is 0. The summed E-state index contributed by atoms with van der Waals surface area (Å²) >= 11 is 0. The fourth-order valence-electron chi connectivity index (χ4n) is 1.74. The molecular weight excluding hydrogens is 195 g/mol. The summed E-state index contributed by atoms with van der Waals surface area (Å²) in [5.74, 6) is -0.262. The zero-order chi connectivity index (χ0) is 11.2. The number of rotatable bonds is 0. The average molecular weight is 208 g/mol. The maximum atomic E-state index is 13.2. The van der Waals surface area contributed by atoms with Gasteiger partial charge in [0, 0.05) is 6.07 Å². The molecule has 0 fully saturated rings. The van der Waals surface area contributed by atoms with Gasteiger partial charge in [0.25, 0.3) is 0 Å². The van der Waals surface area contributed by atoms with Crippen LogP contribution >= 0.6 is 0 Å². The van der Waals surface area contributed by atoms with E-state index in [1.54, 1.807) is 13.0 Å². The highest BCUT2D eigenvalue weighted by atomic mass is 19.1. The van der Waals surface area contributed by atoms with Gasteiger partial charge in [-0.1, -0.05) is 0 Å². The molecule has 15 heavy (non-hydrogen) atoms. The quantitative estimate of drug-likeness (QED) is 0.484. The lowest BCUT2D eigenvalue weighted by Gasteiger charge is -2.29. The van der Waals surface area contributed by atoms with Crippen LogP contribution in [0.3, 0.4) is 0 Å². The molecule has 0 aromatic heterocycles. The third-order valence-electron chi connectivity index (χ3n) is 2.73. The number of fused-ring (bicyclic) bond motifs is 1. The highest BCUT2D eigenvalue weighted by molar-refractivity contribution is 5.81. The van der Waals surface area contributed by atoms with Crippen LogP contribution in [0.2, 0.25) is 0 Å². The van der Waals surface area contributed by atoms with Crippen molar-refractivity contribution in [3.63, 3.8) is 0 Å². The van der Waals surface area contributed by atoms with E-state index in [2.05, 4.69) is 0 Å². The number of esters is 1. The summed E-state index contributed by atoms with van der Waals surface area (Å²) in [5.41, 5.74) is 0.970. The van der Waals surface area contributed by atoms with Gasteiger partial charge in [-0.3, -0.25) is 4.79 Å². The van der Waals surface area contributed by atoms with E-state index < -0.39 is 5.41 Å². The molecule has 3 heteroatoms. The van der Waals surface area contributed by atoms with Crippen molar-refractivity contribution in [2.75, 3.05) is 0 Å². The third kappa shape index (κ3) is 1.62. The lowest BCUT2D eigenvalue weighted by Crippen LogP contribution is -2.35. The molecule has 2 rings (SSSR count). The molecule has 80 valence electrons. The third-order valence-corrected chi connectivity index (χ3v) is 2.73. The van der Waals surface area contributed by atoms with Gasteiger partial charge in [-0.2, -0.15) is 0 Å². The highest BCUT2D eigenvalue weighted by Gasteiger charge is 2.36. The van der Waals surface area contributed by atoms with Gasteiger partial charge >= 0.3 is 5.97 Å². The molecule has 0 radical (unpaired) electrons. The van der Waals surface area contributed by atoms with Crippen molar-refractivity contribution in [3.8, 4) is 5.75 Å². The van der Waals surface area contributed by atoms with Crippen LogP contribution in [0.5, 0.6) is 5.75 Å². The monoisotopic (exact) mass is 208 g/mol. The molecule has 0 N–H and O–H groups in total. The van der Waals surface area contributed by atoms with Crippen molar-refractivity contribution < 1.29 is 13.9 Å². The predicted molar refractivity (Wildman–Crippen MR) is 54.3 cm³/mol. The normalized spacial score (nSPS) is 18.3. The number of halogens is 1. The van der Waals surface area contributed by atoms with E-state index in [0.29, 0.717) is 17.7 Å². The molecule has 0 unspecified atom stereocenters. The van der Waals surface area contributed by atoms with Crippen LogP contribution < -0.4 is 4.74 Å².